The number of aliphatic hydroxyl groups excluding tert-OH is 4. The van der Waals surface area contributed by atoms with Crippen LogP contribution in [0.15, 0.2) is 42.5 Å². The van der Waals surface area contributed by atoms with Crippen molar-refractivity contribution in [1.82, 2.24) is 0 Å². The summed E-state index contributed by atoms with van der Waals surface area (Å²) < 4.78 is 34.3. The van der Waals surface area contributed by atoms with Crippen LogP contribution < -0.4 is 0 Å². The van der Waals surface area contributed by atoms with E-state index in [1.54, 1.807) is 0 Å². The van der Waals surface area contributed by atoms with Gasteiger partial charge in [0.15, 0.2) is 47.8 Å². The highest BCUT2D eigenvalue weighted by Crippen LogP contribution is 2.34. The molecule has 2 aromatic rings. The molecule has 0 saturated carbocycles. The lowest BCUT2D eigenvalue weighted by molar-refractivity contribution is -0.358. The van der Waals surface area contributed by atoms with Gasteiger partial charge < -0.3 is 69.3 Å². The lowest BCUT2D eigenvalue weighted by Crippen LogP contribution is -2.65. The van der Waals surface area contributed by atoms with Crippen molar-refractivity contribution in [3.8, 4) is 23.0 Å². The Morgan fingerprint density at radius 1 is 0.851 bits per heavy atom. The van der Waals surface area contributed by atoms with Crippen LogP contribution in [0.1, 0.15) is 25.0 Å². The topological polar surface area (TPSA) is 251 Å². The molecule has 0 spiro atoms. The predicted octanol–water partition coefficient (Wildman–Crippen LogP) is -0.445. The molecule has 2 aliphatic heterocycles. The van der Waals surface area contributed by atoms with Gasteiger partial charge in [0.1, 0.15) is 30.5 Å². The van der Waals surface area contributed by atoms with Gasteiger partial charge in [-0.25, -0.2) is 4.79 Å². The molecule has 2 aliphatic rings. The predicted molar refractivity (Wildman–Crippen MR) is 157 cm³/mol. The number of esters is 2. The highest BCUT2D eigenvalue weighted by Gasteiger charge is 2.54. The lowest BCUT2D eigenvalue weighted by atomic mass is 9.96. The van der Waals surface area contributed by atoms with Crippen LogP contribution in [-0.2, 0) is 44.4 Å². The van der Waals surface area contributed by atoms with Crippen molar-refractivity contribution < 1.29 is 78.9 Å². The maximum absolute atomic E-state index is 13.0. The van der Waals surface area contributed by atoms with E-state index in [0.29, 0.717) is 11.1 Å². The van der Waals surface area contributed by atoms with Crippen molar-refractivity contribution >= 4 is 18.0 Å². The Kier molecular flexibility index (Phi) is 12.0. The monoisotopic (exact) mass is 666 g/mol. The molecule has 16 heteroatoms. The normalized spacial score (nSPS) is 31.0. The maximum Gasteiger partial charge on any atom is 0.331 e. The molecule has 0 unspecified atom stereocenters. The largest absolute Gasteiger partial charge is 0.504 e. The molecule has 2 heterocycles. The number of hydrogen-bond acceptors (Lipinski definition) is 16. The van der Waals surface area contributed by atoms with Crippen LogP contribution in [-0.4, -0.2) is 127 Å². The Balaban J connectivity index is 1.62. The highest BCUT2D eigenvalue weighted by atomic mass is 16.8. The fourth-order valence-electron chi connectivity index (χ4n) is 5.10. The second kappa shape index (κ2) is 15.7. The van der Waals surface area contributed by atoms with E-state index in [2.05, 4.69) is 0 Å². The van der Waals surface area contributed by atoms with Gasteiger partial charge in [0.25, 0.3) is 0 Å². The molecule has 0 amide bonds. The Morgan fingerprint density at radius 3 is 2.28 bits per heavy atom. The van der Waals surface area contributed by atoms with Gasteiger partial charge in [0.2, 0.25) is 0 Å². The molecular weight excluding hydrogens is 628 g/mol. The quantitative estimate of drug-likeness (QED) is 0.0859. The molecule has 0 bridgehead atoms. The highest BCUT2D eigenvalue weighted by molar-refractivity contribution is 5.87. The minimum absolute atomic E-state index is 0.0459. The fraction of sp³-hybridized carbons (Fsp3) is 0.484. The van der Waals surface area contributed by atoms with E-state index in [4.69, 9.17) is 28.4 Å². The molecule has 0 radical (unpaired) electrons. The van der Waals surface area contributed by atoms with Gasteiger partial charge in [-0.15, -0.1) is 0 Å². The van der Waals surface area contributed by atoms with E-state index in [1.807, 2.05) is 0 Å². The zero-order valence-corrected chi connectivity index (χ0v) is 25.4. The van der Waals surface area contributed by atoms with Crippen LogP contribution in [0.2, 0.25) is 0 Å². The number of phenolic OH excluding ortho intramolecular Hbond substituents is 4. The fourth-order valence-corrected chi connectivity index (χ4v) is 5.10. The van der Waals surface area contributed by atoms with Gasteiger partial charge in [0, 0.05) is 18.6 Å². The van der Waals surface area contributed by atoms with Crippen LogP contribution in [0, 0.1) is 0 Å². The van der Waals surface area contributed by atoms with Crippen LogP contribution in [0.25, 0.3) is 6.08 Å². The first-order valence-corrected chi connectivity index (χ1v) is 14.6. The number of benzene rings is 2. The summed E-state index contributed by atoms with van der Waals surface area (Å²) in [6, 6.07) is 8.13. The summed E-state index contributed by atoms with van der Waals surface area (Å²) in [5, 5.41) is 80.7. The molecule has 4 rings (SSSR count). The van der Waals surface area contributed by atoms with Crippen molar-refractivity contribution in [3.05, 3.63) is 53.6 Å². The zero-order chi connectivity index (χ0) is 34.4. The first-order valence-electron chi connectivity index (χ1n) is 14.6. The minimum Gasteiger partial charge on any atom is -0.504 e. The first kappa shape index (κ1) is 35.8. The van der Waals surface area contributed by atoms with Crippen LogP contribution >= 0.6 is 0 Å². The van der Waals surface area contributed by atoms with Crippen molar-refractivity contribution in [3.63, 3.8) is 0 Å². The molecule has 0 aromatic heterocycles. The third kappa shape index (κ3) is 8.68. The maximum atomic E-state index is 13.0. The molecule has 10 atom stereocenters. The number of carbonyl (C=O) groups excluding carboxylic acids is 2. The summed E-state index contributed by atoms with van der Waals surface area (Å²) >= 11 is 0. The van der Waals surface area contributed by atoms with Gasteiger partial charge in [-0.1, -0.05) is 18.2 Å². The molecule has 2 aromatic carbocycles. The molecule has 0 aliphatic carbocycles. The molecule has 2 fully saturated rings. The Bertz CT molecular complexity index is 1410. The Labute approximate surface area is 268 Å². The van der Waals surface area contributed by atoms with Gasteiger partial charge >= 0.3 is 11.9 Å². The Morgan fingerprint density at radius 2 is 1.60 bits per heavy atom. The average Bonchev–Trinajstić information content (AvgIpc) is 3.03. The van der Waals surface area contributed by atoms with E-state index >= 15 is 0 Å². The number of carbonyl (C=O) groups is 2. The average molecular weight is 667 g/mol. The first-order chi connectivity index (χ1) is 22.3. The van der Waals surface area contributed by atoms with E-state index < -0.39 is 85.7 Å². The van der Waals surface area contributed by atoms with Gasteiger partial charge in [0.05, 0.1) is 19.3 Å². The van der Waals surface area contributed by atoms with Crippen LogP contribution in [0.4, 0.5) is 0 Å². The number of phenols is 4. The molecule has 16 nitrogen and oxygen atoms in total. The lowest BCUT2D eigenvalue weighted by Gasteiger charge is -2.47. The summed E-state index contributed by atoms with van der Waals surface area (Å²) in [6.07, 6.45) is -13.0. The number of ether oxygens (including phenoxy) is 6. The summed E-state index contributed by atoms with van der Waals surface area (Å²) in [7, 11) is 0. The molecular formula is C31H38O16. The number of rotatable bonds is 11. The van der Waals surface area contributed by atoms with Crippen molar-refractivity contribution in [2.24, 2.45) is 0 Å². The van der Waals surface area contributed by atoms with Crippen LogP contribution in [0.5, 0.6) is 23.0 Å². The SMILES string of the molecule is CC(=O)O[C@H]1[C@H](OCCc2cccc(O)c2O)O[C@H](CO)[C@@H](OC(=O)/C=C/c2ccc(O)c(O)c2)[C@@H]1O[C@@H]1O[C@@H](C)[C@H](O)[C@@H](O)[C@H]1O. The summed E-state index contributed by atoms with van der Waals surface area (Å²) in [5.74, 6) is -3.38. The zero-order valence-electron chi connectivity index (χ0n) is 25.4. The molecule has 258 valence electrons. The number of aliphatic hydroxyl groups is 4. The van der Waals surface area contributed by atoms with E-state index in [1.165, 1.54) is 49.4 Å². The van der Waals surface area contributed by atoms with Gasteiger partial charge in [-0.3, -0.25) is 4.79 Å². The summed E-state index contributed by atoms with van der Waals surface area (Å²) in [4.78, 5) is 25.3. The van der Waals surface area contributed by atoms with Crippen molar-refractivity contribution in [1.29, 1.82) is 0 Å². The van der Waals surface area contributed by atoms with Gasteiger partial charge in [-0.05, 0) is 43.2 Å². The standard InChI is InChI=1S/C31H38O16/c1-14-23(38)25(40)26(41)30(43-14)47-28-27(46-22(37)9-7-16-6-8-18(34)20(36)12-16)21(13-32)45-31(29(28)44-15(2)33)42-11-10-17-4-3-5-19(35)24(17)39/h3-9,12,14,21,23,25-32,34-36,38-41H,10-11,13H2,1-2H3/b9-7+/t14-,21+,23-,25+,26+,27+,28-,29+,30-,31+/m0/s1. The second-order valence-corrected chi connectivity index (χ2v) is 11.0. The van der Waals surface area contributed by atoms with E-state index in [9.17, 15) is 50.4 Å². The van der Waals surface area contributed by atoms with E-state index in [0.717, 1.165) is 13.0 Å². The van der Waals surface area contributed by atoms with E-state index in [-0.39, 0.29) is 30.3 Å². The summed E-state index contributed by atoms with van der Waals surface area (Å²) in [6.45, 7) is 1.52. The van der Waals surface area contributed by atoms with Crippen molar-refractivity contribution in [2.45, 2.75) is 81.7 Å². The van der Waals surface area contributed by atoms with Crippen LogP contribution in [0.3, 0.4) is 0 Å². The second-order valence-electron chi connectivity index (χ2n) is 11.0. The third-order valence-electron chi connectivity index (χ3n) is 7.59. The molecule has 2 saturated heterocycles. The molecule has 8 N–H and O–H groups in total. The third-order valence-corrected chi connectivity index (χ3v) is 7.59. The van der Waals surface area contributed by atoms with Crippen molar-refractivity contribution in [2.75, 3.05) is 13.2 Å². The Hall–Kier alpha value is -4.00. The molecule has 47 heavy (non-hydrogen) atoms. The smallest absolute Gasteiger partial charge is 0.331 e. The minimum atomic E-state index is -1.82. The number of aromatic hydroxyl groups is 4. The van der Waals surface area contributed by atoms with Gasteiger partial charge in [-0.2, -0.15) is 0 Å². The number of para-hydroxylation sites is 1. The number of hydrogen-bond donors (Lipinski definition) is 8. The summed E-state index contributed by atoms with van der Waals surface area (Å²) in [5.41, 5.74) is 0.630.